The van der Waals surface area contributed by atoms with Crippen molar-refractivity contribution < 1.29 is 4.42 Å². The maximum atomic E-state index is 5.09. The molecule has 0 amide bonds. The molecule has 0 aliphatic carbocycles. The van der Waals surface area contributed by atoms with Crippen molar-refractivity contribution in [3.8, 4) is 0 Å². The highest BCUT2D eigenvalue weighted by molar-refractivity contribution is 9.10. The Morgan fingerprint density at radius 3 is 2.53 bits per heavy atom. The highest BCUT2D eigenvalue weighted by Gasteiger charge is 2.11. The molecule has 0 radical (unpaired) electrons. The molecular weight excluding hydrogens is 278 g/mol. The van der Waals surface area contributed by atoms with Crippen molar-refractivity contribution in [2.24, 2.45) is 0 Å². The molecule has 2 aromatic rings. The van der Waals surface area contributed by atoms with Gasteiger partial charge in [0, 0.05) is 22.1 Å². The van der Waals surface area contributed by atoms with Gasteiger partial charge in [0.2, 0.25) is 0 Å². The number of furan rings is 1. The van der Waals surface area contributed by atoms with E-state index in [0.29, 0.717) is 6.04 Å². The second kappa shape index (κ2) is 5.52. The van der Waals surface area contributed by atoms with Gasteiger partial charge in [0.15, 0.2) is 0 Å². The van der Waals surface area contributed by atoms with E-state index in [0.717, 1.165) is 4.47 Å². The van der Waals surface area contributed by atoms with Crippen molar-refractivity contribution in [1.82, 2.24) is 5.32 Å². The molecule has 1 aromatic heterocycles. The summed E-state index contributed by atoms with van der Waals surface area (Å²) in [4.78, 5) is 0. The fraction of sp³-hybridized carbons (Fsp3) is 0.286. The molecule has 90 valence electrons. The molecule has 1 heterocycles. The molecule has 2 rings (SSSR count). The summed E-state index contributed by atoms with van der Waals surface area (Å²) in [5.41, 5.74) is 2.45. The Morgan fingerprint density at radius 1 is 1.12 bits per heavy atom. The minimum Gasteiger partial charge on any atom is -0.472 e. The SMILES string of the molecule is CC(NC(C)c1cccc(Br)c1)c1ccoc1. The average Bonchev–Trinajstić information content (AvgIpc) is 2.82. The minimum absolute atomic E-state index is 0.280. The molecule has 2 unspecified atom stereocenters. The van der Waals surface area contributed by atoms with Gasteiger partial charge in [0.1, 0.15) is 0 Å². The zero-order valence-corrected chi connectivity index (χ0v) is 11.6. The van der Waals surface area contributed by atoms with E-state index < -0.39 is 0 Å². The monoisotopic (exact) mass is 293 g/mol. The molecule has 2 atom stereocenters. The fourth-order valence-electron chi connectivity index (χ4n) is 1.86. The lowest BCUT2D eigenvalue weighted by molar-refractivity contribution is 0.486. The van der Waals surface area contributed by atoms with E-state index in [4.69, 9.17) is 4.42 Å². The number of benzene rings is 1. The predicted octanol–water partition coefficient (Wildman–Crippen LogP) is 4.45. The third-order valence-corrected chi connectivity index (χ3v) is 3.39. The van der Waals surface area contributed by atoms with E-state index in [1.807, 2.05) is 12.1 Å². The van der Waals surface area contributed by atoms with Crippen molar-refractivity contribution in [1.29, 1.82) is 0 Å². The van der Waals surface area contributed by atoms with Gasteiger partial charge in [-0.15, -0.1) is 0 Å². The first-order valence-electron chi connectivity index (χ1n) is 5.70. The zero-order valence-electron chi connectivity index (χ0n) is 9.98. The fourth-order valence-corrected chi connectivity index (χ4v) is 2.28. The zero-order chi connectivity index (χ0) is 12.3. The lowest BCUT2D eigenvalue weighted by atomic mass is 10.1. The van der Waals surface area contributed by atoms with Crippen LogP contribution in [0.1, 0.15) is 37.1 Å². The number of hydrogen-bond acceptors (Lipinski definition) is 2. The molecule has 0 aliphatic rings. The largest absolute Gasteiger partial charge is 0.472 e. The van der Waals surface area contributed by atoms with E-state index in [-0.39, 0.29) is 6.04 Å². The van der Waals surface area contributed by atoms with Gasteiger partial charge >= 0.3 is 0 Å². The molecule has 0 saturated heterocycles. The molecule has 2 nitrogen and oxygen atoms in total. The molecule has 0 fully saturated rings. The maximum Gasteiger partial charge on any atom is 0.0950 e. The molecular formula is C14H16BrNO. The number of hydrogen-bond donors (Lipinski definition) is 1. The summed E-state index contributed by atoms with van der Waals surface area (Å²) in [6.45, 7) is 4.30. The summed E-state index contributed by atoms with van der Waals surface area (Å²) in [6, 6.07) is 10.9. The standard InChI is InChI=1S/C14H16BrNO/c1-10(12-4-3-5-14(15)8-12)16-11(2)13-6-7-17-9-13/h3-11,16H,1-2H3. The van der Waals surface area contributed by atoms with Gasteiger partial charge in [0.05, 0.1) is 12.5 Å². The summed E-state index contributed by atoms with van der Waals surface area (Å²) < 4.78 is 6.21. The van der Waals surface area contributed by atoms with Gasteiger partial charge in [-0.2, -0.15) is 0 Å². The first-order chi connectivity index (χ1) is 8.16. The van der Waals surface area contributed by atoms with Gasteiger partial charge in [0.25, 0.3) is 0 Å². The summed E-state index contributed by atoms with van der Waals surface area (Å²) in [7, 11) is 0. The minimum atomic E-state index is 0.280. The Labute approximate surface area is 110 Å². The van der Waals surface area contributed by atoms with Crippen molar-refractivity contribution >= 4 is 15.9 Å². The molecule has 0 aliphatic heterocycles. The number of rotatable bonds is 4. The van der Waals surface area contributed by atoms with Crippen LogP contribution in [0.15, 0.2) is 51.7 Å². The van der Waals surface area contributed by atoms with Crippen LogP contribution in [0.4, 0.5) is 0 Å². The Hall–Kier alpha value is -1.06. The Bertz CT molecular complexity index is 467. The lowest BCUT2D eigenvalue weighted by Gasteiger charge is -2.19. The van der Waals surface area contributed by atoms with Gasteiger partial charge < -0.3 is 9.73 Å². The van der Waals surface area contributed by atoms with Crippen molar-refractivity contribution in [2.45, 2.75) is 25.9 Å². The van der Waals surface area contributed by atoms with Crippen LogP contribution in [0.5, 0.6) is 0 Å². The first-order valence-corrected chi connectivity index (χ1v) is 6.49. The van der Waals surface area contributed by atoms with Crippen LogP contribution < -0.4 is 5.32 Å². The quantitative estimate of drug-likeness (QED) is 0.901. The molecule has 0 spiro atoms. The van der Waals surface area contributed by atoms with E-state index in [1.165, 1.54) is 11.1 Å². The summed E-state index contributed by atoms with van der Waals surface area (Å²) in [5.74, 6) is 0. The van der Waals surface area contributed by atoms with Crippen LogP contribution in [0, 0.1) is 0 Å². The number of halogens is 1. The number of nitrogens with one attached hydrogen (secondary N) is 1. The average molecular weight is 294 g/mol. The summed E-state index contributed by atoms with van der Waals surface area (Å²) >= 11 is 3.49. The van der Waals surface area contributed by atoms with Gasteiger partial charge in [-0.25, -0.2) is 0 Å². The highest BCUT2D eigenvalue weighted by Crippen LogP contribution is 2.21. The second-order valence-corrected chi connectivity index (χ2v) is 5.14. The Kier molecular flexibility index (Phi) is 4.02. The smallest absolute Gasteiger partial charge is 0.0950 e. The third-order valence-electron chi connectivity index (χ3n) is 2.89. The Balaban J connectivity index is 2.04. The Morgan fingerprint density at radius 2 is 1.88 bits per heavy atom. The second-order valence-electron chi connectivity index (χ2n) is 4.22. The van der Waals surface area contributed by atoms with Crippen LogP contribution in [-0.4, -0.2) is 0 Å². The normalized spacial score (nSPS) is 14.5. The van der Waals surface area contributed by atoms with Crippen LogP contribution in [0.2, 0.25) is 0 Å². The van der Waals surface area contributed by atoms with Crippen LogP contribution >= 0.6 is 15.9 Å². The van der Waals surface area contributed by atoms with Gasteiger partial charge in [-0.05, 0) is 37.6 Å². The van der Waals surface area contributed by atoms with Crippen LogP contribution in [-0.2, 0) is 0 Å². The molecule has 17 heavy (non-hydrogen) atoms. The molecule has 1 aromatic carbocycles. The topological polar surface area (TPSA) is 25.2 Å². The van der Waals surface area contributed by atoms with Crippen LogP contribution in [0.3, 0.4) is 0 Å². The molecule has 0 bridgehead atoms. The van der Waals surface area contributed by atoms with Crippen molar-refractivity contribution in [2.75, 3.05) is 0 Å². The van der Waals surface area contributed by atoms with Gasteiger partial charge in [-0.1, -0.05) is 28.1 Å². The molecule has 1 N–H and O–H groups in total. The van der Waals surface area contributed by atoms with Crippen LogP contribution in [0.25, 0.3) is 0 Å². The molecule has 3 heteroatoms. The third kappa shape index (κ3) is 3.20. The van der Waals surface area contributed by atoms with Crippen molar-refractivity contribution in [3.05, 3.63) is 58.5 Å². The predicted molar refractivity (Wildman–Crippen MR) is 72.8 cm³/mol. The van der Waals surface area contributed by atoms with E-state index >= 15 is 0 Å². The molecule has 0 saturated carbocycles. The maximum absolute atomic E-state index is 5.09. The van der Waals surface area contributed by atoms with E-state index in [2.05, 4.69) is 53.3 Å². The van der Waals surface area contributed by atoms with Crippen molar-refractivity contribution in [3.63, 3.8) is 0 Å². The lowest BCUT2D eigenvalue weighted by Crippen LogP contribution is -2.22. The highest BCUT2D eigenvalue weighted by atomic mass is 79.9. The summed E-state index contributed by atoms with van der Waals surface area (Å²) in [5, 5.41) is 3.54. The van der Waals surface area contributed by atoms with Gasteiger partial charge in [-0.3, -0.25) is 0 Å². The first kappa shape index (κ1) is 12.4. The van der Waals surface area contributed by atoms with E-state index in [9.17, 15) is 0 Å². The summed E-state index contributed by atoms with van der Waals surface area (Å²) in [6.07, 6.45) is 3.49. The van der Waals surface area contributed by atoms with E-state index in [1.54, 1.807) is 12.5 Å².